The van der Waals surface area contributed by atoms with Crippen molar-refractivity contribution in [3.63, 3.8) is 0 Å². The van der Waals surface area contributed by atoms with Crippen molar-refractivity contribution in [2.24, 2.45) is 4.99 Å². The summed E-state index contributed by atoms with van der Waals surface area (Å²) in [6, 6.07) is 21.3. The lowest BCUT2D eigenvalue weighted by molar-refractivity contribution is 0.591. The van der Waals surface area contributed by atoms with Crippen LogP contribution in [0.25, 0.3) is 0 Å². The molecule has 2 N–H and O–H groups in total. The molecule has 0 aliphatic heterocycles. The van der Waals surface area contributed by atoms with E-state index in [9.17, 15) is 0 Å². The fourth-order valence-electron chi connectivity index (χ4n) is 3.25. The average Bonchev–Trinajstić information content (AvgIpc) is 3.16. The number of nitrogens with one attached hydrogen (secondary N) is 2. The Morgan fingerprint density at radius 3 is 2.34 bits per heavy atom. The van der Waals surface area contributed by atoms with Crippen molar-refractivity contribution in [2.75, 3.05) is 20.1 Å². The number of aliphatic imine (C=N–C) groups is 1. The van der Waals surface area contributed by atoms with Gasteiger partial charge in [-0.3, -0.25) is 9.67 Å². The van der Waals surface area contributed by atoms with Crippen LogP contribution in [0.3, 0.4) is 0 Å². The minimum absolute atomic E-state index is 0. The minimum atomic E-state index is 0. The van der Waals surface area contributed by atoms with Gasteiger partial charge in [0, 0.05) is 32.3 Å². The molecule has 0 spiro atoms. The molecular weight excluding hydrogens is 473 g/mol. The van der Waals surface area contributed by atoms with Crippen LogP contribution in [0.2, 0.25) is 0 Å². The molecule has 0 fully saturated rings. The van der Waals surface area contributed by atoms with Gasteiger partial charge in [0.1, 0.15) is 0 Å². The second kappa shape index (κ2) is 12.3. The van der Waals surface area contributed by atoms with Gasteiger partial charge < -0.3 is 10.6 Å². The highest BCUT2D eigenvalue weighted by Crippen LogP contribution is 2.20. The van der Waals surface area contributed by atoms with Crippen molar-refractivity contribution in [1.29, 1.82) is 0 Å². The lowest BCUT2D eigenvalue weighted by Gasteiger charge is -2.20. The second-order valence-electron chi connectivity index (χ2n) is 6.96. The van der Waals surface area contributed by atoms with E-state index in [2.05, 4.69) is 81.4 Å². The Bertz CT molecular complexity index is 861. The van der Waals surface area contributed by atoms with Crippen LogP contribution in [0.5, 0.6) is 0 Å². The van der Waals surface area contributed by atoms with E-state index >= 15 is 0 Å². The third kappa shape index (κ3) is 7.53. The monoisotopic (exact) mass is 503 g/mol. The molecule has 0 bridgehead atoms. The van der Waals surface area contributed by atoms with Gasteiger partial charge >= 0.3 is 0 Å². The molecule has 6 heteroatoms. The van der Waals surface area contributed by atoms with Crippen LogP contribution >= 0.6 is 24.0 Å². The maximum absolute atomic E-state index is 4.36. The summed E-state index contributed by atoms with van der Waals surface area (Å²) in [6.07, 6.45) is 4.91. The first-order valence-electron chi connectivity index (χ1n) is 9.77. The van der Waals surface area contributed by atoms with Gasteiger partial charge in [0.25, 0.3) is 0 Å². The number of aryl methyl sites for hydroxylation is 1. The summed E-state index contributed by atoms with van der Waals surface area (Å²) >= 11 is 0. The van der Waals surface area contributed by atoms with E-state index in [-0.39, 0.29) is 24.0 Å². The average molecular weight is 503 g/mol. The Morgan fingerprint density at radius 2 is 1.72 bits per heavy atom. The Hall–Kier alpha value is -2.35. The highest BCUT2D eigenvalue weighted by molar-refractivity contribution is 14.0. The first-order chi connectivity index (χ1) is 13.7. The summed E-state index contributed by atoms with van der Waals surface area (Å²) in [7, 11) is 1.81. The molecule has 0 radical (unpaired) electrons. The van der Waals surface area contributed by atoms with E-state index in [1.165, 1.54) is 16.7 Å². The fourth-order valence-corrected chi connectivity index (χ4v) is 3.25. The van der Waals surface area contributed by atoms with Gasteiger partial charge in [-0.15, -0.1) is 24.0 Å². The van der Waals surface area contributed by atoms with Gasteiger partial charge in [0.15, 0.2) is 5.96 Å². The second-order valence-corrected chi connectivity index (χ2v) is 6.96. The zero-order valence-corrected chi connectivity index (χ0v) is 19.4. The van der Waals surface area contributed by atoms with Crippen molar-refractivity contribution in [3.8, 4) is 0 Å². The molecule has 0 amide bonds. The molecule has 1 unspecified atom stereocenters. The molecule has 0 saturated carbocycles. The number of rotatable bonds is 8. The van der Waals surface area contributed by atoms with E-state index in [4.69, 9.17) is 0 Å². The molecule has 1 heterocycles. The van der Waals surface area contributed by atoms with Crippen molar-refractivity contribution >= 4 is 29.9 Å². The van der Waals surface area contributed by atoms with E-state index in [1.807, 2.05) is 31.0 Å². The van der Waals surface area contributed by atoms with Gasteiger partial charge in [0.2, 0.25) is 0 Å². The van der Waals surface area contributed by atoms with Gasteiger partial charge in [-0.2, -0.15) is 5.10 Å². The highest BCUT2D eigenvalue weighted by atomic mass is 127. The summed E-state index contributed by atoms with van der Waals surface area (Å²) in [6.45, 7) is 4.45. The van der Waals surface area contributed by atoms with E-state index in [0.29, 0.717) is 5.92 Å². The topological polar surface area (TPSA) is 54.2 Å². The molecule has 3 aromatic rings. The molecule has 0 saturated heterocycles. The molecule has 1 aromatic heterocycles. The molecule has 154 valence electrons. The number of hydrogen-bond acceptors (Lipinski definition) is 2. The minimum Gasteiger partial charge on any atom is -0.356 e. The number of benzene rings is 2. The Balaban J connectivity index is 0.00000300. The van der Waals surface area contributed by atoms with Crippen LogP contribution in [-0.2, 0) is 13.0 Å². The zero-order valence-electron chi connectivity index (χ0n) is 17.1. The lowest BCUT2D eigenvalue weighted by Crippen LogP contribution is -2.41. The van der Waals surface area contributed by atoms with Crippen LogP contribution < -0.4 is 10.6 Å². The predicted octanol–water partition coefficient (Wildman–Crippen LogP) is 4.00. The standard InChI is InChI=1S/C23H29N5.HI/c1-19-16-27-28(18-19)14-13-25-23(24-2)26-17-22(21-11-7-4-8-12-21)15-20-9-5-3-6-10-20;/h3-12,16,18,22H,13-15,17H2,1-2H3,(H2,24,25,26);1H. The SMILES string of the molecule is CN=C(NCCn1cc(C)cn1)NCC(Cc1ccccc1)c1ccccc1.I. The Kier molecular flexibility index (Phi) is 9.70. The van der Waals surface area contributed by atoms with Crippen molar-refractivity contribution in [3.05, 3.63) is 89.7 Å². The molecule has 1 atom stereocenters. The summed E-state index contributed by atoms with van der Waals surface area (Å²) in [5.74, 6) is 1.19. The van der Waals surface area contributed by atoms with Crippen LogP contribution in [0.4, 0.5) is 0 Å². The molecule has 3 rings (SSSR count). The maximum Gasteiger partial charge on any atom is 0.191 e. The van der Waals surface area contributed by atoms with Crippen LogP contribution in [-0.4, -0.2) is 35.9 Å². The van der Waals surface area contributed by atoms with Gasteiger partial charge in [-0.25, -0.2) is 0 Å². The quantitative estimate of drug-likeness (QED) is 0.278. The van der Waals surface area contributed by atoms with Gasteiger partial charge in [0.05, 0.1) is 12.7 Å². The predicted molar refractivity (Wildman–Crippen MR) is 131 cm³/mol. The van der Waals surface area contributed by atoms with E-state index in [0.717, 1.165) is 32.0 Å². The molecule has 0 aliphatic carbocycles. The number of aromatic nitrogens is 2. The summed E-state index contributed by atoms with van der Waals surface area (Å²) in [4.78, 5) is 4.36. The summed E-state index contributed by atoms with van der Waals surface area (Å²) in [5, 5.41) is 11.2. The normalized spacial score (nSPS) is 12.1. The molecule has 2 aromatic carbocycles. The van der Waals surface area contributed by atoms with Crippen LogP contribution in [0, 0.1) is 6.92 Å². The molecular formula is C23H30IN5. The number of hydrogen-bond donors (Lipinski definition) is 2. The zero-order chi connectivity index (χ0) is 19.6. The maximum atomic E-state index is 4.36. The smallest absolute Gasteiger partial charge is 0.191 e. The summed E-state index contributed by atoms with van der Waals surface area (Å²) in [5.41, 5.74) is 3.85. The van der Waals surface area contributed by atoms with Crippen molar-refractivity contribution < 1.29 is 0 Å². The van der Waals surface area contributed by atoms with Crippen LogP contribution in [0.1, 0.15) is 22.6 Å². The summed E-state index contributed by atoms with van der Waals surface area (Å²) < 4.78 is 1.94. The number of guanidine groups is 1. The third-order valence-electron chi connectivity index (χ3n) is 4.73. The lowest BCUT2D eigenvalue weighted by atomic mass is 9.92. The van der Waals surface area contributed by atoms with E-state index in [1.54, 1.807) is 0 Å². The first-order valence-corrected chi connectivity index (χ1v) is 9.77. The van der Waals surface area contributed by atoms with Crippen LogP contribution in [0.15, 0.2) is 78.0 Å². The van der Waals surface area contributed by atoms with Gasteiger partial charge in [-0.1, -0.05) is 60.7 Å². The van der Waals surface area contributed by atoms with Crippen molar-refractivity contribution in [1.82, 2.24) is 20.4 Å². The largest absolute Gasteiger partial charge is 0.356 e. The van der Waals surface area contributed by atoms with Crippen molar-refractivity contribution in [2.45, 2.75) is 25.8 Å². The Labute approximate surface area is 190 Å². The van der Waals surface area contributed by atoms with E-state index < -0.39 is 0 Å². The Morgan fingerprint density at radius 1 is 1.03 bits per heavy atom. The van der Waals surface area contributed by atoms with Gasteiger partial charge in [-0.05, 0) is 30.0 Å². The molecule has 0 aliphatic rings. The fraction of sp³-hybridized carbons (Fsp3) is 0.304. The molecule has 5 nitrogen and oxygen atoms in total. The highest BCUT2D eigenvalue weighted by Gasteiger charge is 2.13. The number of halogens is 1. The first kappa shape index (κ1) is 22.9. The molecule has 29 heavy (non-hydrogen) atoms. The number of nitrogens with zero attached hydrogens (tertiary/aromatic N) is 3. The third-order valence-corrected chi connectivity index (χ3v) is 4.73.